The number of carbonyl (C=O) groups excluding carboxylic acids is 1. The molecule has 1 aliphatic rings. The first-order chi connectivity index (χ1) is 15.8. The first kappa shape index (κ1) is 22.6. The molecule has 3 aromatic carbocycles. The second-order valence-corrected chi connectivity index (χ2v) is 8.42. The quantitative estimate of drug-likeness (QED) is 0.524. The molecule has 1 heterocycles. The van der Waals surface area contributed by atoms with Crippen LogP contribution in [0.1, 0.15) is 48.5 Å². The van der Waals surface area contributed by atoms with Gasteiger partial charge in [-0.1, -0.05) is 50.2 Å². The van der Waals surface area contributed by atoms with Crippen LogP contribution in [0.4, 0.5) is 5.69 Å². The number of anilines is 1. The van der Waals surface area contributed by atoms with Gasteiger partial charge in [0.2, 0.25) is 0 Å². The summed E-state index contributed by atoms with van der Waals surface area (Å²) in [5, 5.41) is 21.9. The lowest BCUT2D eigenvalue weighted by molar-refractivity contribution is -0.136. The van der Waals surface area contributed by atoms with Crippen molar-refractivity contribution in [3.05, 3.63) is 65.2 Å². The highest BCUT2D eigenvalue weighted by Crippen LogP contribution is 2.50. The molecular formula is C26H27NO6. The zero-order chi connectivity index (χ0) is 23.7. The highest BCUT2D eigenvalue weighted by molar-refractivity contribution is 6.17. The van der Waals surface area contributed by atoms with E-state index in [1.807, 2.05) is 45.0 Å². The summed E-state index contributed by atoms with van der Waals surface area (Å²) in [6, 6.07) is 14.1. The van der Waals surface area contributed by atoms with Gasteiger partial charge < -0.3 is 19.7 Å². The highest BCUT2D eigenvalue weighted by atomic mass is 16.5. The van der Waals surface area contributed by atoms with Crippen LogP contribution in [-0.2, 0) is 11.2 Å². The van der Waals surface area contributed by atoms with Crippen LogP contribution in [0.2, 0.25) is 0 Å². The summed E-state index contributed by atoms with van der Waals surface area (Å²) in [7, 11) is 0. The Kier molecular flexibility index (Phi) is 6.24. The van der Waals surface area contributed by atoms with Crippen LogP contribution in [0.15, 0.2) is 48.5 Å². The van der Waals surface area contributed by atoms with Gasteiger partial charge >= 0.3 is 5.97 Å². The third-order valence-corrected chi connectivity index (χ3v) is 5.51. The van der Waals surface area contributed by atoms with Gasteiger partial charge in [-0.05, 0) is 30.5 Å². The SMILES string of the molecule is CCOc1c2c(c(OCC(C)C)c3ccccc13)C(O)N(c1ccc(CC(=O)O)cc1)C2=O. The van der Waals surface area contributed by atoms with E-state index < -0.39 is 18.1 Å². The predicted molar refractivity (Wildman–Crippen MR) is 125 cm³/mol. The number of aliphatic hydroxyl groups is 1. The minimum atomic E-state index is -1.27. The number of carbonyl (C=O) groups is 2. The van der Waals surface area contributed by atoms with Gasteiger partial charge in [0.25, 0.3) is 5.91 Å². The van der Waals surface area contributed by atoms with Crippen LogP contribution < -0.4 is 14.4 Å². The molecule has 1 aliphatic heterocycles. The summed E-state index contributed by atoms with van der Waals surface area (Å²) in [4.78, 5) is 25.9. The zero-order valence-electron chi connectivity index (χ0n) is 18.9. The standard InChI is InChI=1S/C26H27NO6/c1-4-32-23-18-7-5-6-8-19(18)24(33-14-15(2)3)22-21(23)25(30)27(26(22)31)17-11-9-16(10-12-17)13-20(28)29/h5-12,15,26,31H,4,13-14H2,1-3H3,(H,28,29). The largest absolute Gasteiger partial charge is 0.492 e. The van der Waals surface area contributed by atoms with E-state index in [1.54, 1.807) is 24.3 Å². The molecule has 1 atom stereocenters. The van der Waals surface area contributed by atoms with E-state index in [9.17, 15) is 14.7 Å². The number of nitrogens with zero attached hydrogens (tertiary/aromatic N) is 1. The molecule has 0 fully saturated rings. The third-order valence-electron chi connectivity index (χ3n) is 5.51. The first-order valence-electron chi connectivity index (χ1n) is 11.0. The van der Waals surface area contributed by atoms with E-state index in [1.165, 1.54) is 4.90 Å². The second kappa shape index (κ2) is 9.11. The van der Waals surface area contributed by atoms with Crippen molar-refractivity contribution in [1.82, 2.24) is 0 Å². The number of carboxylic acids is 1. The molecule has 2 N–H and O–H groups in total. The number of rotatable bonds is 8. The summed E-state index contributed by atoms with van der Waals surface area (Å²) in [5.41, 5.74) is 1.74. The normalized spacial score (nSPS) is 15.2. The smallest absolute Gasteiger partial charge is 0.307 e. The van der Waals surface area contributed by atoms with Crippen molar-refractivity contribution in [1.29, 1.82) is 0 Å². The molecule has 33 heavy (non-hydrogen) atoms. The molecule has 0 saturated carbocycles. The van der Waals surface area contributed by atoms with Crippen LogP contribution in [0.3, 0.4) is 0 Å². The number of ether oxygens (including phenoxy) is 2. The monoisotopic (exact) mass is 449 g/mol. The van der Waals surface area contributed by atoms with Crippen molar-refractivity contribution in [2.75, 3.05) is 18.1 Å². The fraction of sp³-hybridized carbons (Fsp3) is 0.308. The molecule has 3 aromatic rings. The average Bonchev–Trinajstić information content (AvgIpc) is 3.04. The summed E-state index contributed by atoms with van der Waals surface area (Å²) in [5.74, 6) is -0.185. The predicted octanol–water partition coefficient (Wildman–Crippen LogP) is 4.55. The maximum Gasteiger partial charge on any atom is 0.307 e. The molecule has 0 saturated heterocycles. The number of hydrogen-bond donors (Lipinski definition) is 2. The number of benzene rings is 3. The van der Waals surface area contributed by atoms with E-state index in [0.717, 1.165) is 10.8 Å². The lowest BCUT2D eigenvalue weighted by atomic mass is 9.98. The Hall–Kier alpha value is -3.58. The van der Waals surface area contributed by atoms with E-state index >= 15 is 0 Å². The van der Waals surface area contributed by atoms with E-state index in [0.29, 0.717) is 41.5 Å². The molecule has 4 rings (SSSR count). The summed E-state index contributed by atoms with van der Waals surface area (Å²) < 4.78 is 12.1. The van der Waals surface area contributed by atoms with Crippen LogP contribution in [0.25, 0.3) is 10.8 Å². The average molecular weight is 450 g/mol. The molecule has 0 radical (unpaired) electrons. The van der Waals surface area contributed by atoms with Gasteiger partial charge in [-0.15, -0.1) is 0 Å². The molecule has 0 aromatic heterocycles. The minimum absolute atomic E-state index is 0.121. The lowest BCUT2D eigenvalue weighted by Crippen LogP contribution is -2.27. The molecule has 0 spiro atoms. The van der Waals surface area contributed by atoms with Crippen LogP contribution >= 0.6 is 0 Å². The van der Waals surface area contributed by atoms with Crippen LogP contribution in [0.5, 0.6) is 11.5 Å². The van der Waals surface area contributed by atoms with Gasteiger partial charge in [0.15, 0.2) is 6.23 Å². The number of aliphatic hydroxyl groups excluding tert-OH is 1. The van der Waals surface area contributed by atoms with Crippen molar-refractivity contribution >= 4 is 28.3 Å². The Morgan fingerprint density at radius 3 is 2.24 bits per heavy atom. The molecule has 0 aliphatic carbocycles. The Morgan fingerprint density at radius 2 is 1.67 bits per heavy atom. The Labute approximate surface area is 192 Å². The van der Waals surface area contributed by atoms with Crippen molar-refractivity contribution in [2.24, 2.45) is 5.92 Å². The van der Waals surface area contributed by atoms with E-state index in [2.05, 4.69) is 0 Å². The van der Waals surface area contributed by atoms with Gasteiger partial charge in [-0.2, -0.15) is 0 Å². The fourth-order valence-electron chi connectivity index (χ4n) is 4.12. The second-order valence-electron chi connectivity index (χ2n) is 8.42. The Bertz CT molecular complexity index is 1200. The molecule has 172 valence electrons. The van der Waals surface area contributed by atoms with Crippen molar-refractivity contribution in [2.45, 2.75) is 33.4 Å². The molecule has 0 bridgehead atoms. The van der Waals surface area contributed by atoms with E-state index in [4.69, 9.17) is 14.6 Å². The third kappa shape index (κ3) is 4.12. The number of amides is 1. The minimum Gasteiger partial charge on any atom is -0.492 e. The molecule has 1 amide bonds. The maximum absolute atomic E-state index is 13.6. The van der Waals surface area contributed by atoms with Crippen molar-refractivity contribution in [3.63, 3.8) is 0 Å². The van der Waals surface area contributed by atoms with Gasteiger partial charge in [0.1, 0.15) is 11.5 Å². The zero-order valence-corrected chi connectivity index (χ0v) is 18.9. The summed E-state index contributed by atoms with van der Waals surface area (Å²) >= 11 is 0. The summed E-state index contributed by atoms with van der Waals surface area (Å²) in [6.07, 6.45) is -1.40. The Balaban J connectivity index is 1.88. The molecule has 7 nitrogen and oxygen atoms in total. The molecule has 7 heteroatoms. The lowest BCUT2D eigenvalue weighted by Gasteiger charge is -2.22. The highest BCUT2D eigenvalue weighted by Gasteiger charge is 2.43. The van der Waals surface area contributed by atoms with Gasteiger partial charge in [0, 0.05) is 16.5 Å². The Morgan fingerprint density at radius 1 is 1.03 bits per heavy atom. The number of carboxylic acid groups (broad SMARTS) is 1. The van der Waals surface area contributed by atoms with Gasteiger partial charge in [0.05, 0.1) is 30.8 Å². The van der Waals surface area contributed by atoms with Crippen LogP contribution in [0, 0.1) is 5.92 Å². The molecular weight excluding hydrogens is 422 g/mol. The molecule has 1 unspecified atom stereocenters. The van der Waals surface area contributed by atoms with Gasteiger partial charge in [-0.3, -0.25) is 14.5 Å². The number of aliphatic carboxylic acids is 1. The van der Waals surface area contributed by atoms with Crippen molar-refractivity contribution < 1.29 is 29.3 Å². The number of fused-ring (bicyclic) bond motifs is 2. The fourth-order valence-corrected chi connectivity index (χ4v) is 4.12. The number of hydrogen-bond acceptors (Lipinski definition) is 5. The van der Waals surface area contributed by atoms with Gasteiger partial charge in [-0.25, -0.2) is 0 Å². The van der Waals surface area contributed by atoms with Crippen LogP contribution in [-0.4, -0.2) is 35.3 Å². The maximum atomic E-state index is 13.6. The van der Waals surface area contributed by atoms with Crippen molar-refractivity contribution in [3.8, 4) is 11.5 Å². The van der Waals surface area contributed by atoms with E-state index in [-0.39, 0.29) is 17.9 Å². The first-order valence-corrected chi connectivity index (χ1v) is 11.0. The summed E-state index contributed by atoms with van der Waals surface area (Å²) in [6.45, 7) is 6.69. The topological polar surface area (TPSA) is 96.3 Å².